The standard InChI is InChI=1S/C23H23N5OS2/c1-13-10-18(30-5)19(15-8-9-25-20(13)15)21(28-31(29)23(2,3)4)22-26-16-7-6-14(12-24)11-17(16)27-22/h6-11,25H,1-5H3,(H,26,27). The number of nitriles is 1. The van der Waals surface area contributed by atoms with Crippen LogP contribution in [0.15, 0.2) is 45.8 Å². The van der Waals surface area contributed by atoms with Gasteiger partial charge in [0, 0.05) is 27.6 Å². The Hall–Kier alpha value is -2.73. The van der Waals surface area contributed by atoms with Crippen molar-refractivity contribution in [3.8, 4) is 6.07 Å². The minimum absolute atomic E-state index is 0.521. The first-order valence-corrected chi connectivity index (χ1v) is 12.1. The van der Waals surface area contributed by atoms with Gasteiger partial charge in [-0.3, -0.25) is 0 Å². The lowest BCUT2D eigenvalue weighted by atomic mass is 10.0. The molecule has 6 nitrogen and oxygen atoms in total. The van der Waals surface area contributed by atoms with Gasteiger partial charge in [-0.05, 0) is 69.8 Å². The number of thioether (sulfide) groups is 1. The van der Waals surface area contributed by atoms with Crippen LogP contribution in [-0.4, -0.2) is 36.2 Å². The largest absolute Gasteiger partial charge is 0.591 e. The first-order valence-electron chi connectivity index (χ1n) is 9.79. The molecule has 0 amide bonds. The van der Waals surface area contributed by atoms with Gasteiger partial charge >= 0.3 is 0 Å². The van der Waals surface area contributed by atoms with Crippen LogP contribution >= 0.6 is 11.8 Å². The lowest BCUT2D eigenvalue weighted by Gasteiger charge is -2.20. The van der Waals surface area contributed by atoms with E-state index in [9.17, 15) is 9.81 Å². The van der Waals surface area contributed by atoms with E-state index in [0.29, 0.717) is 17.1 Å². The molecular weight excluding hydrogens is 426 g/mol. The number of aromatic amines is 2. The molecule has 31 heavy (non-hydrogen) atoms. The van der Waals surface area contributed by atoms with Gasteiger partial charge in [-0.2, -0.15) is 5.26 Å². The lowest BCUT2D eigenvalue weighted by Crippen LogP contribution is -2.27. The molecule has 1 unspecified atom stereocenters. The molecule has 0 aliphatic rings. The van der Waals surface area contributed by atoms with Crippen molar-refractivity contribution in [1.82, 2.24) is 15.0 Å². The Morgan fingerprint density at radius 1 is 1.26 bits per heavy atom. The smallest absolute Gasteiger partial charge is 0.166 e. The fourth-order valence-electron chi connectivity index (χ4n) is 3.40. The van der Waals surface area contributed by atoms with Crippen LogP contribution in [0.25, 0.3) is 21.9 Å². The third-order valence-corrected chi connectivity index (χ3v) is 7.15. The molecule has 0 saturated carbocycles. The molecule has 2 aromatic carbocycles. The fraction of sp³-hybridized carbons (Fsp3) is 0.261. The van der Waals surface area contributed by atoms with E-state index in [0.717, 1.165) is 38.0 Å². The summed E-state index contributed by atoms with van der Waals surface area (Å²) in [5, 5.41) is 10.2. The Kier molecular flexibility index (Phi) is 5.60. The molecular formula is C23H23N5OS2. The van der Waals surface area contributed by atoms with Gasteiger partial charge in [-0.15, -0.1) is 11.8 Å². The summed E-state index contributed by atoms with van der Waals surface area (Å²) < 4.78 is 17.3. The molecule has 2 aromatic heterocycles. The molecule has 2 heterocycles. The van der Waals surface area contributed by atoms with Crippen molar-refractivity contribution in [2.24, 2.45) is 4.40 Å². The highest BCUT2D eigenvalue weighted by Gasteiger charge is 2.30. The van der Waals surface area contributed by atoms with Gasteiger partial charge in [-0.1, -0.05) is 4.40 Å². The number of aryl methyl sites for hydroxylation is 1. The van der Waals surface area contributed by atoms with Crippen molar-refractivity contribution in [2.45, 2.75) is 37.3 Å². The zero-order valence-electron chi connectivity index (χ0n) is 18.0. The van der Waals surface area contributed by atoms with E-state index < -0.39 is 16.1 Å². The minimum atomic E-state index is -1.49. The number of H-pyrrole nitrogens is 2. The number of rotatable bonds is 4. The van der Waals surface area contributed by atoms with E-state index in [-0.39, 0.29) is 0 Å². The number of benzene rings is 2. The van der Waals surface area contributed by atoms with Crippen LogP contribution in [0.1, 0.15) is 43.3 Å². The SMILES string of the molecule is CSc1cc(C)c2[nH]ccc2c1C(=N[S+]([O-])C(C)(C)C)c1nc2ccc(C#N)cc2[nH]1. The number of aromatic nitrogens is 3. The highest BCUT2D eigenvalue weighted by Crippen LogP contribution is 2.34. The summed E-state index contributed by atoms with van der Waals surface area (Å²) in [5.74, 6) is 0.532. The van der Waals surface area contributed by atoms with E-state index in [4.69, 9.17) is 9.38 Å². The van der Waals surface area contributed by atoms with Crippen LogP contribution in [0.3, 0.4) is 0 Å². The van der Waals surface area contributed by atoms with E-state index in [1.165, 1.54) is 0 Å². The molecule has 158 valence electrons. The van der Waals surface area contributed by atoms with Crippen LogP contribution in [0.5, 0.6) is 0 Å². The van der Waals surface area contributed by atoms with Crippen LogP contribution in [0.2, 0.25) is 0 Å². The van der Waals surface area contributed by atoms with Crippen LogP contribution in [0, 0.1) is 18.3 Å². The zero-order chi connectivity index (χ0) is 22.3. The third kappa shape index (κ3) is 3.97. The van der Waals surface area contributed by atoms with Crippen molar-refractivity contribution in [3.63, 3.8) is 0 Å². The maximum absolute atomic E-state index is 13.1. The number of nitrogens with zero attached hydrogens (tertiary/aromatic N) is 3. The number of fused-ring (bicyclic) bond motifs is 2. The van der Waals surface area contributed by atoms with Gasteiger partial charge in [0.2, 0.25) is 0 Å². The van der Waals surface area contributed by atoms with Crippen LogP contribution < -0.4 is 0 Å². The van der Waals surface area contributed by atoms with Gasteiger partial charge in [0.1, 0.15) is 16.1 Å². The maximum Gasteiger partial charge on any atom is 0.166 e. The summed E-state index contributed by atoms with van der Waals surface area (Å²) in [7, 11) is 0. The summed E-state index contributed by atoms with van der Waals surface area (Å²) >= 11 is 0.134. The third-order valence-electron chi connectivity index (χ3n) is 4.99. The first-order chi connectivity index (χ1) is 14.7. The summed E-state index contributed by atoms with van der Waals surface area (Å²) in [5.41, 5.74) is 5.62. The second kappa shape index (κ2) is 8.08. The summed E-state index contributed by atoms with van der Waals surface area (Å²) in [4.78, 5) is 12.4. The Labute approximate surface area is 188 Å². The zero-order valence-corrected chi connectivity index (χ0v) is 19.7. The first kappa shape index (κ1) is 21.5. The Balaban J connectivity index is 2.03. The van der Waals surface area contributed by atoms with E-state index in [2.05, 4.69) is 29.0 Å². The van der Waals surface area contributed by atoms with E-state index in [1.807, 2.05) is 45.4 Å². The van der Waals surface area contributed by atoms with Gasteiger partial charge in [0.05, 0.1) is 22.7 Å². The lowest BCUT2D eigenvalue weighted by molar-refractivity contribution is 0.561. The summed E-state index contributed by atoms with van der Waals surface area (Å²) in [6.45, 7) is 7.77. The monoisotopic (exact) mass is 449 g/mol. The predicted molar refractivity (Wildman–Crippen MR) is 129 cm³/mol. The van der Waals surface area contributed by atoms with Crippen molar-refractivity contribution < 1.29 is 4.55 Å². The minimum Gasteiger partial charge on any atom is -0.591 e. The molecule has 0 bridgehead atoms. The molecule has 1 atom stereocenters. The average molecular weight is 450 g/mol. The molecule has 0 saturated heterocycles. The van der Waals surface area contributed by atoms with E-state index >= 15 is 0 Å². The molecule has 2 N–H and O–H groups in total. The normalized spacial score (nSPS) is 13.6. The van der Waals surface area contributed by atoms with Crippen molar-refractivity contribution in [1.29, 1.82) is 5.26 Å². The topological polar surface area (TPSA) is 104 Å². The summed E-state index contributed by atoms with van der Waals surface area (Å²) in [6, 6.07) is 11.6. The van der Waals surface area contributed by atoms with Crippen LogP contribution in [0.4, 0.5) is 0 Å². The van der Waals surface area contributed by atoms with Crippen molar-refractivity contribution >= 4 is 50.8 Å². The second-order valence-electron chi connectivity index (χ2n) is 8.27. The Morgan fingerprint density at radius 3 is 2.71 bits per heavy atom. The Bertz CT molecular complexity index is 1350. The van der Waals surface area contributed by atoms with Gasteiger partial charge in [-0.25, -0.2) is 4.98 Å². The quantitative estimate of drug-likeness (QED) is 0.252. The highest BCUT2D eigenvalue weighted by molar-refractivity contribution is 7.98. The maximum atomic E-state index is 13.1. The second-order valence-corrected chi connectivity index (χ2v) is 11.0. The number of nitrogens with one attached hydrogen (secondary N) is 2. The highest BCUT2D eigenvalue weighted by atomic mass is 32.2. The molecule has 0 aliphatic heterocycles. The number of hydrogen-bond donors (Lipinski definition) is 2. The fourth-order valence-corrected chi connectivity index (χ4v) is 4.72. The Morgan fingerprint density at radius 2 is 2.03 bits per heavy atom. The number of imidazole rings is 1. The van der Waals surface area contributed by atoms with Crippen molar-refractivity contribution in [3.05, 3.63) is 59.0 Å². The average Bonchev–Trinajstić information content (AvgIpc) is 3.38. The molecule has 4 rings (SSSR count). The van der Waals surface area contributed by atoms with Gasteiger partial charge in [0.25, 0.3) is 0 Å². The van der Waals surface area contributed by atoms with Crippen molar-refractivity contribution in [2.75, 3.05) is 6.26 Å². The van der Waals surface area contributed by atoms with E-state index in [1.54, 1.807) is 23.9 Å². The summed E-state index contributed by atoms with van der Waals surface area (Å²) in [6.07, 6.45) is 3.92. The molecule has 0 aliphatic carbocycles. The molecule has 0 radical (unpaired) electrons. The van der Waals surface area contributed by atoms with Gasteiger partial charge < -0.3 is 14.5 Å². The molecule has 4 aromatic rings. The molecule has 0 fully saturated rings. The molecule has 8 heteroatoms. The predicted octanol–water partition coefficient (Wildman–Crippen LogP) is 5.25. The molecule has 0 spiro atoms. The number of hydrogen-bond acceptors (Lipinski definition) is 5. The van der Waals surface area contributed by atoms with Crippen LogP contribution in [-0.2, 0) is 11.4 Å². The van der Waals surface area contributed by atoms with Gasteiger partial charge in [0.15, 0.2) is 11.5 Å².